The summed E-state index contributed by atoms with van der Waals surface area (Å²) in [5.41, 5.74) is -0.404. The first-order valence-corrected chi connectivity index (χ1v) is 6.22. The highest BCUT2D eigenvalue weighted by Gasteiger charge is 2.23. The lowest BCUT2D eigenvalue weighted by molar-refractivity contribution is 0.364. The lowest BCUT2D eigenvalue weighted by Crippen LogP contribution is -2.44. The van der Waals surface area contributed by atoms with Gasteiger partial charge in [0.1, 0.15) is 5.54 Å². The van der Waals surface area contributed by atoms with E-state index in [1.54, 1.807) is 6.20 Å². The van der Waals surface area contributed by atoms with Gasteiger partial charge in [-0.3, -0.25) is 10.00 Å². The van der Waals surface area contributed by atoms with Crippen LogP contribution >= 0.6 is 0 Å². The number of aryl methyl sites for hydroxylation is 1. The predicted octanol–water partition coefficient (Wildman–Crippen LogP) is 2.33. The molecule has 94 valence electrons. The second kappa shape index (κ2) is 6.41. The fourth-order valence-corrected chi connectivity index (χ4v) is 1.98. The van der Waals surface area contributed by atoms with Crippen molar-refractivity contribution in [2.75, 3.05) is 0 Å². The molecule has 1 rings (SSSR count). The molecule has 17 heavy (non-hydrogen) atoms. The third kappa shape index (κ3) is 5.01. The van der Waals surface area contributed by atoms with E-state index in [2.05, 4.69) is 30.3 Å². The summed E-state index contributed by atoms with van der Waals surface area (Å²) < 4.78 is 1.93. The van der Waals surface area contributed by atoms with Gasteiger partial charge in [-0.1, -0.05) is 0 Å². The summed E-state index contributed by atoms with van der Waals surface area (Å²) in [6, 6.07) is 4.64. The zero-order valence-corrected chi connectivity index (χ0v) is 11.0. The van der Waals surface area contributed by atoms with Crippen LogP contribution in [-0.2, 0) is 6.54 Å². The third-order valence-electron chi connectivity index (χ3n) is 2.73. The van der Waals surface area contributed by atoms with Crippen molar-refractivity contribution in [2.24, 2.45) is 0 Å². The van der Waals surface area contributed by atoms with Gasteiger partial charge >= 0.3 is 0 Å². The molecule has 1 atom stereocenters. The van der Waals surface area contributed by atoms with Crippen LogP contribution in [0.2, 0.25) is 0 Å². The van der Waals surface area contributed by atoms with Gasteiger partial charge in [-0.15, -0.1) is 0 Å². The van der Waals surface area contributed by atoms with Gasteiger partial charge in [-0.25, -0.2) is 0 Å². The number of nitrogens with zero attached hydrogens (tertiary/aromatic N) is 3. The Morgan fingerprint density at radius 3 is 2.76 bits per heavy atom. The average molecular weight is 234 g/mol. The molecular weight excluding hydrogens is 212 g/mol. The number of hydrogen-bond donors (Lipinski definition) is 1. The first-order chi connectivity index (χ1) is 8.06. The van der Waals surface area contributed by atoms with E-state index >= 15 is 0 Å². The van der Waals surface area contributed by atoms with Crippen molar-refractivity contribution < 1.29 is 0 Å². The molecule has 0 aliphatic heterocycles. The van der Waals surface area contributed by atoms with Crippen LogP contribution in [0, 0.1) is 11.3 Å². The fourth-order valence-electron chi connectivity index (χ4n) is 1.98. The van der Waals surface area contributed by atoms with E-state index in [0.29, 0.717) is 6.04 Å². The molecule has 1 aromatic rings. The fraction of sp³-hybridized carbons (Fsp3) is 0.692. The molecule has 1 N–H and O–H groups in total. The molecule has 0 fully saturated rings. The Kier molecular flexibility index (Phi) is 5.17. The van der Waals surface area contributed by atoms with Crippen molar-refractivity contribution in [3.05, 3.63) is 18.5 Å². The maximum atomic E-state index is 9.19. The van der Waals surface area contributed by atoms with E-state index in [4.69, 9.17) is 0 Å². The zero-order valence-electron chi connectivity index (χ0n) is 11.0. The van der Waals surface area contributed by atoms with Gasteiger partial charge in [0, 0.05) is 25.0 Å². The molecule has 0 aliphatic carbocycles. The molecule has 0 amide bonds. The van der Waals surface area contributed by atoms with Crippen LogP contribution in [0.3, 0.4) is 0 Å². The van der Waals surface area contributed by atoms with Crippen molar-refractivity contribution in [1.82, 2.24) is 15.1 Å². The van der Waals surface area contributed by atoms with E-state index < -0.39 is 5.54 Å². The van der Waals surface area contributed by atoms with Crippen molar-refractivity contribution >= 4 is 0 Å². The van der Waals surface area contributed by atoms with Crippen LogP contribution in [-0.4, -0.2) is 21.4 Å². The minimum Gasteiger partial charge on any atom is -0.297 e. The molecule has 0 saturated heterocycles. The molecule has 0 bridgehead atoms. The summed E-state index contributed by atoms with van der Waals surface area (Å²) >= 11 is 0. The molecule has 0 saturated carbocycles. The molecule has 0 spiro atoms. The molecule has 0 radical (unpaired) electrons. The monoisotopic (exact) mass is 234 g/mol. The van der Waals surface area contributed by atoms with Crippen LogP contribution < -0.4 is 5.32 Å². The second-order valence-electron chi connectivity index (χ2n) is 4.97. The third-order valence-corrected chi connectivity index (χ3v) is 2.73. The number of aromatic nitrogens is 2. The second-order valence-corrected chi connectivity index (χ2v) is 4.97. The van der Waals surface area contributed by atoms with E-state index in [1.807, 2.05) is 23.9 Å². The Hall–Kier alpha value is -1.34. The first-order valence-electron chi connectivity index (χ1n) is 6.22. The van der Waals surface area contributed by atoms with Gasteiger partial charge in [-0.05, 0) is 46.1 Å². The van der Waals surface area contributed by atoms with E-state index in [1.165, 1.54) is 0 Å². The van der Waals surface area contributed by atoms with Crippen molar-refractivity contribution in [2.45, 2.75) is 58.2 Å². The lowest BCUT2D eigenvalue weighted by atomic mass is 9.95. The highest BCUT2D eigenvalue weighted by Crippen LogP contribution is 2.14. The maximum Gasteiger partial charge on any atom is 0.104 e. The summed E-state index contributed by atoms with van der Waals surface area (Å²) in [5, 5.41) is 16.7. The van der Waals surface area contributed by atoms with Gasteiger partial charge in [0.05, 0.1) is 6.07 Å². The van der Waals surface area contributed by atoms with E-state index in [-0.39, 0.29) is 0 Å². The Balaban J connectivity index is 2.26. The molecule has 4 heteroatoms. The van der Waals surface area contributed by atoms with Gasteiger partial charge in [-0.2, -0.15) is 10.4 Å². The SMILES string of the molecule is CC(C)NC(C)(C#N)CCCCn1cccn1. The molecule has 1 unspecified atom stereocenters. The summed E-state index contributed by atoms with van der Waals surface area (Å²) in [4.78, 5) is 0. The Morgan fingerprint density at radius 1 is 1.47 bits per heavy atom. The minimum absolute atomic E-state index is 0.339. The normalized spacial score (nSPS) is 14.5. The molecule has 1 heterocycles. The van der Waals surface area contributed by atoms with E-state index in [9.17, 15) is 5.26 Å². The number of unbranched alkanes of at least 4 members (excludes halogenated alkanes) is 1. The Labute approximate surface area is 104 Å². The predicted molar refractivity (Wildman–Crippen MR) is 68.4 cm³/mol. The van der Waals surface area contributed by atoms with Crippen LogP contribution in [0.5, 0.6) is 0 Å². The first kappa shape index (κ1) is 13.7. The number of nitriles is 1. The lowest BCUT2D eigenvalue weighted by Gasteiger charge is -2.25. The minimum atomic E-state index is -0.404. The standard InChI is InChI=1S/C13H22N4/c1-12(2)16-13(3,11-14)7-4-5-9-17-10-6-8-15-17/h6,8,10,12,16H,4-5,7,9H2,1-3H3. The Morgan fingerprint density at radius 2 is 2.24 bits per heavy atom. The number of hydrogen-bond acceptors (Lipinski definition) is 3. The quantitative estimate of drug-likeness (QED) is 0.737. The van der Waals surface area contributed by atoms with Crippen molar-refractivity contribution in [3.8, 4) is 6.07 Å². The van der Waals surface area contributed by atoms with Crippen molar-refractivity contribution in [3.63, 3.8) is 0 Å². The van der Waals surface area contributed by atoms with E-state index in [0.717, 1.165) is 25.8 Å². The van der Waals surface area contributed by atoms with Crippen LogP contribution in [0.25, 0.3) is 0 Å². The van der Waals surface area contributed by atoms with Gasteiger partial charge in [0.2, 0.25) is 0 Å². The molecular formula is C13H22N4. The number of nitrogens with one attached hydrogen (secondary N) is 1. The highest BCUT2D eigenvalue weighted by atomic mass is 15.3. The zero-order chi connectivity index (χ0) is 12.7. The van der Waals surface area contributed by atoms with Crippen LogP contribution in [0.4, 0.5) is 0 Å². The molecule has 0 aromatic carbocycles. The van der Waals surface area contributed by atoms with Crippen LogP contribution in [0.15, 0.2) is 18.5 Å². The number of rotatable bonds is 7. The average Bonchev–Trinajstić information content (AvgIpc) is 2.76. The smallest absolute Gasteiger partial charge is 0.104 e. The van der Waals surface area contributed by atoms with Gasteiger partial charge in [0.25, 0.3) is 0 Å². The summed E-state index contributed by atoms with van der Waals surface area (Å²) in [6.45, 7) is 7.04. The maximum absolute atomic E-state index is 9.19. The van der Waals surface area contributed by atoms with Gasteiger partial charge in [0.15, 0.2) is 0 Å². The largest absolute Gasteiger partial charge is 0.297 e. The summed E-state index contributed by atoms with van der Waals surface area (Å²) in [7, 11) is 0. The molecule has 0 aliphatic rings. The molecule has 4 nitrogen and oxygen atoms in total. The van der Waals surface area contributed by atoms with Crippen molar-refractivity contribution in [1.29, 1.82) is 5.26 Å². The highest BCUT2D eigenvalue weighted by molar-refractivity contribution is 5.04. The van der Waals surface area contributed by atoms with Crippen LogP contribution in [0.1, 0.15) is 40.0 Å². The topological polar surface area (TPSA) is 53.6 Å². The molecule has 1 aromatic heterocycles. The summed E-state index contributed by atoms with van der Waals surface area (Å²) in [6.07, 6.45) is 6.72. The Bertz CT molecular complexity index is 350. The van der Waals surface area contributed by atoms with Gasteiger partial charge < -0.3 is 0 Å². The summed E-state index contributed by atoms with van der Waals surface area (Å²) in [5.74, 6) is 0.